The molecule has 0 unspecified atom stereocenters. The SMILES string of the molecule is O=S(=O)(NC1CCC1)C1CCNCC1. The van der Waals surface area contributed by atoms with Gasteiger partial charge in [0.15, 0.2) is 0 Å². The Morgan fingerprint density at radius 1 is 1.07 bits per heavy atom. The number of hydrogen-bond acceptors (Lipinski definition) is 3. The molecule has 1 saturated carbocycles. The summed E-state index contributed by atoms with van der Waals surface area (Å²) in [5.74, 6) is 0. The van der Waals surface area contributed by atoms with Crippen LogP contribution in [0.2, 0.25) is 0 Å². The highest BCUT2D eigenvalue weighted by Crippen LogP contribution is 2.21. The molecule has 1 saturated heterocycles. The fourth-order valence-corrected chi connectivity index (χ4v) is 3.71. The van der Waals surface area contributed by atoms with E-state index in [4.69, 9.17) is 0 Å². The average molecular weight is 218 g/mol. The van der Waals surface area contributed by atoms with Gasteiger partial charge in [-0.3, -0.25) is 0 Å². The van der Waals surface area contributed by atoms with Crippen molar-refractivity contribution in [1.29, 1.82) is 0 Å². The van der Waals surface area contributed by atoms with Gasteiger partial charge in [0, 0.05) is 6.04 Å². The third-order valence-corrected chi connectivity index (χ3v) is 5.17. The predicted octanol–water partition coefficient (Wildman–Crippen LogP) is 0.210. The van der Waals surface area contributed by atoms with Crippen molar-refractivity contribution in [2.24, 2.45) is 0 Å². The largest absolute Gasteiger partial charge is 0.317 e. The van der Waals surface area contributed by atoms with Gasteiger partial charge in [-0.15, -0.1) is 0 Å². The molecule has 0 bridgehead atoms. The summed E-state index contributed by atoms with van der Waals surface area (Å²) in [6.45, 7) is 1.66. The maximum Gasteiger partial charge on any atom is 0.214 e. The number of hydrogen-bond donors (Lipinski definition) is 2. The first-order valence-corrected chi connectivity index (χ1v) is 6.95. The minimum Gasteiger partial charge on any atom is -0.317 e. The Morgan fingerprint density at radius 2 is 1.71 bits per heavy atom. The molecule has 0 aromatic carbocycles. The predicted molar refractivity (Wildman–Crippen MR) is 55.6 cm³/mol. The maximum absolute atomic E-state index is 11.8. The highest BCUT2D eigenvalue weighted by atomic mass is 32.2. The molecule has 2 rings (SSSR count). The van der Waals surface area contributed by atoms with E-state index in [1.165, 1.54) is 6.42 Å². The molecule has 2 fully saturated rings. The quantitative estimate of drug-likeness (QED) is 0.712. The van der Waals surface area contributed by atoms with E-state index in [0.717, 1.165) is 38.8 Å². The second kappa shape index (κ2) is 4.16. The van der Waals surface area contributed by atoms with Gasteiger partial charge in [-0.05, 0) is 38.8 Å². The second-order valence-corrected chi connectivity index (χ2v) is 6.23. The van der Waals surface area contributed by atoms with Gasteiger partial charge in [0.25, 0.3) is 0 Å². The van der Waals surface area contributed by atoms with Crippen molar-refractivity contribution in [2.75, 3.05) is 13.1 Å². The first-order chi connectivity index (χ1) is 6.68. The lowest BCUT2D eigenvalue weighted by Crippen LogP contribution is -2.47. The van der Waals surface area contributed by atoms with Crippen LogP contribution in [-0.4, -0.2) is 32.8 Å². The van der Waals surface area contributed by atoms with Crippen molar-refractivity contribution >= 4 is 10.0 Å². The Kier molecular flexibility index (Phi) is 3.09. The summed E-state index contributed by atoms with van der Waals surface area (Å²) in [7, 11) is -3.03. The Balaban J connectivity index is 1.91. The Hall–Kier alpha value is -0.130. The van der Waals surface area contributed by atoms with Crippen LogP contribution < -0.4 is 10.0 Å². The molecule has 5 heteroatoms. The molecule has 2 aliphatic rings. The van der Waals surface area contributed by atoms with E-state index in [0.29, 0.717) is 0 Å². The highest BCUT2D eigenvalue weighted by molar-refractivity contribution is 7.90. The number of nitrogens with one attached hydrogen (secondary N) is 2. The van der Waals surface area contributed by atoms with Crippen LogP contribution in [0.3, 0.4) is 0 Å². The van der Waals surface area contributed by atoms with Crippen LogP contribution in [0.5, 0.6) is 0 Å². The monoisotopic (exact) mass is 218 g/mol. The molecule has 0 amide bonds. The van der Waals surface area contributed by atoms with Crippen LogP contribution >= 0.6 is 0 Å². The topological polar surface area (TPSA) is 58.2 Å². The third-order valence-electron chi connectivity index (χ3n) is 3.16. The van der Waals surface area contributed by atoms with Crippen LogP contribution in [0.4, 0.5) is 0 Å². The van der Waals surface area contributed by atoms with Crippen molar-refractivity contribution in [3.8, 4) is 0 Å². The smallest absolute Gasteiger partial charge is 0.214 e. The van der Waals surface area contributed by atoms with Gasteiger partial charge < -0.3 is 5.32 Å². The molecule has 82 valence electrons. The Morgan fingerprint density at radius 3 is 2.21 bits per heavy atom. The van der Waals surface area contributed by atoms with E-state index >= 15 is 0 Å². The van der Waals surface area contributed by atoms with Gasteiger partial charge in [0.1, 0.15) is 0 Å². The number of piperidine rings is 1. The zero-order valence-electron chi connectivity index (χ0n) is 8.33. The van der Waals surface area contributed by atoms with Gasteiger partial charge in [0.2, 0.25) is 10.0 Å². The van der Waals surface area contributed by atoms with E-state index in [-0.39, 0.29) is 11.3 Å². The lowest BCUT2D eigenvalue weighted by molar-refractivity contribution is 0.378. The van der Waals surface area contributed by atoms with Crippen molar-refractivity contribution in [3.63, 3.8) is 0 Å². The van der Waals surface area contributed by atoms with Crippen LogP contribution in [-0.2, 0) is 10.0 Å². The van der Waals surface area contributed by atoms with Gasteiger partial charge in [-0.25, -0.2) is 13.1 Å². The summed E-state index contributed by atoms with van der Waals surface area (Å²) in [5.41, 5.74) is 0. The minimum atomic E-state index is -3.03. The van der Waals surface area contributed by atoms with Gasteiger partial charge in [-0.1, -0.05) is 6.42 Å². The molecule has 0 spiro atoms. The molecule has 0 radical (unpaired) electrons. The molecule has 2 N–H and O–H groups in total. The third kappa shape index (κ3) is 2.27. The van der Waals surface area contributed by atoms with Gasteiger partial charge >= 0.3 is 0 Å². The Bertz CT molecular complexity index is 279. The molecule has 1 aliphatic heterocycles. The Labute approximate surface area is 85.5 Å². The molecular weight excluding hydrogens is 200 g/mol. The zero-order valence-corrected chi connectivity index (χ0v) is 9.15. The van der Waals surface area contributed by atoms with E-state index in [1.54, 1.807) is 0 Å². The van der Waals surface area contributed by atoms with Crippen LogP contribution in [0, 0.1) is 0 Å². The second-order valence-electron chi connectivity index (χ2n) is 4.24. The molecule has 4 nitrogen and oxygen atoms in total. The summed E-state index contributed by atoms with van der Waals surface area (Å²) in [6, 6.07) is 0.231. The molecule has 0 aromatic heterocycles. The van der Waals surface area contributed by atoms with Crippen LogP contribution in [0.15, 0.2) is 0 Å². The fraction of sp³-hybridized carbons (Fsp3) is 1.00. The van der Waals surface area contributed by atoms with Crippen LogP contribution in [0.25, 0.3) is 0 Å². The van der Waals surface area contributed by atoms with E-state index in [9.17, 15) is 8.42 Å². The normalized spacial score (nSPS) is 26.0. The lowest BCUT2D eigenvalue weighted by Gasteiger charge is -2.30. The van der Waals surface area contributed by atoms with Crippen molar-refractivity contribution in [1.82, 2.24) is 10.0 Å². The van der Waals surface area contributed by atoms with Crippen LogP contribution in [0.1, 0.15) is 32.1 Å². The van der Waals surface area contributed by atoms with E-state index < -0.39 is 10.0 Å². The number of sulfonamides is 1. The summed E-state index contributed by atoms with van der Waals surface area (Å²) >= 11 is 0. The van der Waals surface area contributed by atoms with Crippen molar-refractivity contribution < 1.29 is 8.42 Å². The fourth-order valence-electron chi connectivity index (χ4n) is 1.96. The van der Waals surface area contributed by atoms with E-state index in [1.807, 2.05) is 0 Å². The van der Waals surface area contributed by atoms with Gasteiger partial charge in [0.05, 0.1) is 5.25 Å². The maximum atomic E-state index is 11.8. The van der Waals surface area contributed by atoms with Gasteiger partial charge in [-0.2, -0.15) is 0 Å². The molecule has 0 aromatic rings. The summed E-state index contributed by atoms with van der Waals surface area (Å²) in [5, 5.41) is 3.01. The highest BCUT2D eigenvalue weighted by Gasteiger charge is 2.30. The standard InChI is InChI=1S/C9H18N2O2S/c12-14(13,11-8-2-1-3-8)9-4-6-10-7-5-9/h8-11H,1-7H2. The van der Waals surface area contributed by atoms with Crippen molar-refractivity contribution in [2.45, 2.75) is 43.4 Å². The number of rotatable bonds is 3. The first kappa shape index (κ1) is 10.4. The van der Waals surface area contributed by atoms with Crippen molar-refractivity contribution in [3.05, 3.63) is 0 Å². The molecule has 1 aliphatic carbocycles. The molecular formula is C9H18N2O2S. The average Bonchev–Trinajstić information content (AvgIpc) is 2.13. The lowest BCUT2D eigenvalue weighted by atomic mass is 9.94. The summed E-state index contributed by atoms with van der Waals surface area (Å²) in [6.07, 6.45) is 4.71. The summed E-state index contributed by atoms with van der Waals surface area (Å²) < 4.78 is 26.5. The molecule has 14 heavy (non-hydrogen) atoms. The minimum absolute atomic E-state index is 0.163. The molecule has 1 heterocycles. The van der Waals surface area contributed by atoms with E-state index in [2.05, 4.69) is 10.0 Å². The first-order valence-electron chi connectivity index (χ1n) is 5.40. The zero-order chi connectivity index (χ0) is 10.0. The summed E-state index contributed by atoms with van der Waals surface area (Å²) in [4.78, 5) is 0. The molecule has 0 atom stereocenters.